The molecule has 1 saturated heterocycles. The smallest absolute Gasteiger partial charge is 0.123 e. The minimum absolute atomic E-state index is 0.0925. The topological polar surface area (TPSA) is 43.7 Å². The molecule has 1 aliphatic heterocycles. The maximum absolute atomic E-state index is 13.2. The summed E-state index contributed by atoms with van der Waals surface area (Å²) in [6, 6.07) is 16.4. The van der Waals surface area contributed by atoms with Crippen LogP contribution in [0.4, 0.5) is 4.39 Å². The van der Waals surface area contributed by atoms with E-state index in [0.29, 0.717) is 6.54 Å². The maximum atomic E-state index is 13.2. The van der Waals surface area contributed by atoms with E-state index in [1.165, 1.54) is 12.1 Å². The van der Waals surface area contributed by atoms with Gasteiger partial charge in [-0.05, 0) is 48.6 Å². The summed E-state index contributed by atoms with van der Waals surface area (Å²) >= 11 is 0. The highest BCUT2D eigenvalue weighted by Crippen LogP contribution is 2.39. The Balaban J connectivity index is 1.79. The van der Waals surface area contributed by atoms with Crippen molar-refractivity contribution in [3.05, 3.63) is 71.5 Å². The van der Waals surface area contributed by atoms with Crippen LogP contribution in [0.25, 0.3) is 0 Å². The summed E-state index contributed by atoms with van der Waals surface area (Å²) < 4.78 is 13.2. The van der Waals surface area contributed by atoms with E-state index < -0.39 is 6.10 Å². The average Bonchev–Trinajstić information content (AvgIpc) is 2.63. The van der Waals surface area contributed by atoms with Crippen LogP contribution in [0.2, 0.25) is 0 Å². The first-order chi connectivity index (χ1) is 11.7. The van der Waals surface area contributed by atoms with Gasteiger partial charge >= 0.3 is 0 Å². The van der Waals surface area contributed by atoms with Gasteiger partial charge in [-0.1, -0.05) is 42.5 Å². The van der Waals surface area contributed by atoms with Crippen LogP contribution in [-0.4, -0.2) is 34.8 Å². The number of hydrogen-bond acceptors (Lipinski definition) is 3. The standard InChI is InChI=1S/C20H24FNO2/c21-18-8-6-15(7-9-18)19-14-17(10-11-22(19)12-13-23)20(24)16-4-2-1-3-5-16/h1-9,17,19-20,23-24H,10-14H2/t17?,19?,20-/m1/s1. The van der Waals surface area contributed by atoms with Gasteiger partial charge in [0.1, 0.15) is 5.82 Å². The minimum atomic E-state index is -0.495. The zero-order valence-electron chi connectivity index (χ0n) is 13.7. The van der Waals surface area contributed by atoms with Crippen LogP contribution < -0.4 is 0 Å². The van der Waals surface area contributed by atoms with Gasteiger partial charge in [0.2, 0.25) is 0 Å². The zero-order chi connectivity index (χ0) is 16.9. The van der Waals surface area contributed by atoms with Gasteiger partial charge in [-0.25, -0.2) is 4.39 Å². The first-order valence-corrected chi connectivity index (χ1v) is 8.52. The fraction of sp³-hybridized carbons (Fsp3) is 0.400. The molecule has 0 bridgehead atoms. The lowest BCUT2D eigenvalue weighted by atomic mass is 9.81. The van der Waals surface area contributed by atoms with Crippen LogP contribution in [0, 0.1) is 11.7 Å². The second-order valence-electron chi connectivity index (χ2n) is 6.47. The van der Waals surface area contributed by atoms with Crippen molar-refractivity contribution in [1.29, 1.82) is 0 Å². The quantitative estimate of drug-likeness (QED) is 0.884. The number of piperidine rings is 1. The van der Waals surface area contributed by atoms with Crippen LogP contribution in [0.5, 0.6) is 0 Å². The Morgan fingerprint density at radius 2 is 1.79 bits per heavy atom. The number of aliphatic hydroxyl groups excluding tert-OH is 2. The molecule has 0 spiro atoms. The Morgan fingerprint density at radius 3 is 2.46 bits per heavy atom. The summed E-state index contributed by atoms with van der Waals surface area (Å²) in [5.41, 5.74) is 1.98. The molecule has 4 heteroatoms. The van der Waals surface area contributed by atoms with Crippen LogP contribution >= 0.6 is 0 Å². The highest BCUT2D eigenvalue weighted by molar-refractivity contribution is 5.22. The summed E-state index contributed by atoms with van der Waals surface area (Å²) in [5.74, 6) is -0.0958. The predicted molar refractivity (Wildman–Crippen MR) is 91.9 cm³/mol. The van der Waals surface area contributed by atoms with E-state index in [0.717, 1.165) is 30.5 Å². The Bertz CT molecular complexity index is 632. The number of aliphatic hydroxyl groups is 2. The third-order valence-electron chi connectivity index (χ3n) is 4.98. The Morgan fingerprint density at radius 1 is 1.08 bits per heavy atom. The number of hydrogen-bond donors (Lipinski definition) is 2. The largest absolute Gasteiger partial charge is 0.395 e. The van der Waals surface area contributed by atoms with Crippen molar-refractivity contribution in [2.24, 2.45) is 5.92 Å². The number of nitrogens with zero attached hydrogens (tertiary/aromatic N) is 1. The first-order valence-electron chi connectivity index (χ1n) is 8.52. The van der Waals surface area contributed by atoms with Gasteiger partial charge < -0.3 is 10.2 Å². The molecular formula is C20H24FNO2. The van der Waals surface area contributed by atoms with Crippen LogP contribution in [0.3, 0.4) is 0 Å². The third kappa shape index (κ3) is 3.83. The molecule has 1 heterocycles. The van der Waals surface area contributed by atoms with Crippen LogP contribution in [0.15, 0.2) is 54.6 Å². The van der Waals surface area contributed by atoms with E-state index in [9.17, 15) is 14.6 Å². The highest BCUT2D eigenvalue weighted by Gasteiger charge is 2.33. The van der Waals surface area contributed by atoms with Gasteiger partial charge in [0.15, 0.2) is 0 Å². The normalized spacial score (nSPS) is 23.1. The van der Waals surface area contributed by atoms with Gasteiger partial charge in [-0.3, -0.25) is 4.90 Å². The number of halogens is 1. The summed E-state index contributed by atoms with van der Waals surface area (Å²) in [6.07, 6.45) is 1.18. The molecule has 0 aliphatic carbocycles. The zero-order valence-corrected chi connectivity index (χ0v) is 13.7. The van der Waals surface area contributed by atoms with Crippen molar-refractivity contribution in [3.63, 3.8) is 0 Å². The van der Waals surface area contributed by atoms with E-state index in [1.807, 2.05) is 42.5 Å². The SMILES string of the molecule is OCCN1CCC([C@H](O)c2ccccc2)CC1c1ccc(F)cc1. The molecule has 3 rings (SSSR count). The lowest BCUT2D eigenvalue weighted by Gasteiger charge is -2.41. The molecule has 3 nitrogen and oxygen atoms in total. The van der Waals surface area contributed by atoms with Crippen LogP contribution in [0.1, 0.15) is 36.1 Å². The van der Waals surface area contributed by atoms with Gasteiger partial charge in [0.25, 0.3) is 0 Å². The van der Waals surface area contributed by atoms with E-state index in [4.69, 9.17) is 0 Å². The molecule has 0 saturated carbocycles. The maximum Gasteiger partial charge on any atom is 0.123 e. The predicted octanol–water partition coefficient (Wildman–Crippen LogP) is 3.30. The first kappa shape index (κ1) is 17.1. The molecule has 24 heavy (non-hydrogen) atoms. The van der Waals surface area contributed by atoms with E-state index in [-0.39, 0.29) is 24.4 Å². The van der Waals surface area contributed by atoms with Crippen LogP contribution in [-0.2, 0) is 0 Å². The van der Waals surface area contributed by atoms with E-state index in [2.05, 4.69) is 4.90 Å². The van der Waals surface area contributed by atoms with Gasteiger partial charge in [0.05, 0.1) is 12.7 Å². The Labute approximate surface area is 142 Å². The van der Waals surface area contributed by atoms with Gasteiger partial charge in [-0.2, -0.15) is 0 Å². The van der Waals surface area contributed by atoms with Crippen molar-refractivity contribution >= 4 is 0 Å². The molecule has 2 N–H and O–H groups in total. The Hall–Kier alpha value is -1.75. The van der Waals surface area contributed by atoms with Gasteiger partial charge in [0, 0.05) is 12.6 Å². The molecule has 2 aromatic carbocycles. The molecule has 0 radical (unpaired) electrons. The molecule has 3 atom stereocenters. The molecule has 0 aromatic heterocycles. The van der Waals surface area contributed by atoms with Gasteiger partial charge in [-0.15, -0.1) is 0 Å². The number of rotatable bonds is 5. The molecule has 1 aliphatic rings. The van der Waals surface area contributed by atoms with Crippen molar-refractivity contribution in [1.82, 2.24) is 4.90 Å². The highest BCUT2D eigenvalue weighted by atomic mass is 19.1. The fourth-order valence-electron chi connectivity index (χ4n) is 3.68. The summed E-state index contributed by atoms with van der Waals surface area (Å²) in [5, 5.41) is 20.1. The summed E-state index contributed by atoms with van der Waals surface area (Å²) in [4.78, 5) is 2.22. The van der Waals surface area contributed by atoms with Crippen molar-refractivity contribution in [2.75, 3.05) is 19.7 Å². The molecule has 1 fully saturated rings. The molecule has 128 valence electrons. The molecular weight excluding hydrogens is 305 g/mol. The second-order valence-corrected chi connectivity index (χ2v) is 6.47. The number of β-amino-alcohol motifs (C(OH)–C–C–N with tert-alkyl or cyclic N) is 1. The lowest BCUT2D eigenvalue weighted by molar-refractivity contribution is 0.0226. The summed E-state index contributed by atoms with van der Waals surface area (Å²) in [6.45, 7) is 1.51. The van der Waals surface area contributed by atoms with Crippen molar-refractivity contribution in [2.45, 2.75) is 25.0 Å². The monoisotopic (exact) mass is 329 g/mol. The fourth-order valence-corrected chi connectivity index (χ4v) is 3.68. The third-order valence-corrected chi connectivity index (χ3v) is 4.98. The molecule has 2 aromatic rings. The minimum Gasteiger partial charge on any atom is -0.395 e. The van der Waals surface area contributed by atoms with E-state index in [1.54, 1.807) is 0 Å². The second kappa shape index (κ2) is 7.88. The Kier molecular flexibility index (Phi) is 5.61. The van der Waals surface area contributed by atoms with Crippen molar-refractivity contribution in [3.8, 4) is 0 Å². The lowest BCUT2D eigenvalue weighted by Crippen LogP contribution is -2.40. The molecule has 2 unspecified atom stereocenters. The van der Waals surface area contributed by atoms with E-state index >= 15 is 0 Å². The number of likely N-dealkylation sites (tertiary alicyclic amines) is 1. The average molecular weight is 329 g/mol. The van der Waals surface area contributed by atoms with Crippen molar-refractivity contribution < 1.29 is 14.6 Å². The number of benzene rings is 2. The summed E-state index contributed by atoms with van der Waals surface area (Å²) in [7, 11) is 0. The molecule has 0 amide bonds.